The molecule has 1 aromatic rings. The van der Waals surface area contributed by atoms with Crippen LogP contribution in [0.1, 0.15) is 18.9 Å². The maximum absolute atomic E-state index is 11.4. The Kier molecular flexibility index (Phi) is 4.44. The highest BCUT2D eigenvalue weighted by atomic mass is 16.6. The van der Waals surface area contributed by atoms with E-state index in [0.29, 0.717) is 12.1 Å². The van der Waals surface area contributed by atoms with Gasteiger partial charge in [-0.2, -0.15) is 0 Å². The Morgan fingerprint density at radius 1 is 1.50 bits per heavy atom. The van der Waals surface area contributed by atoms with Crippen LogP contribution in [-0.2, 0) is 11.2 Å². The van der Waals surface area contributed by atoms with Crippen LogP contribution < -0.4 is 5.32 Å². The second kappa shape index (κ2) is 5.85. The number of rotatable bonds is 5. The van der Waals surface area contributed by atoms with Gasteiger partial charge in [-0.1, -0.05) is 19.1 Å². The molecule has 5 nitrogen and oxygen atoms in total. The molecule has 1 amide bonds. The van der Waals surface area contributed by atoms with Crippen LogP contribution in [0.4, 0.5) is 5.69 Å². The van der Waals surface area contributed by atoms with Crippen molar-refractivity contribution in [1.29, 1.82) is 0 Å². The van der Waals surface area contributed by atoms with Gasteiger partial charge in [-0.15, -0.1) is 0 Å². The standard InChI is InChI=1S/C11H14N2O3/c1-2-6-12-11(14)8-9-4-3-5-10(7-9)13(15)16/h3-5,7H,2,6,8H2,1H3,(H,12,14). The van der Waals surface area contributed by atoms with Crippen LogP contribution in [-0.4, -0.2) is 17.4 Å². The summed E-state index contributed by atoms with van der Waals surface area (Å²) in [6.45, 7) is 2.60. The second-order valence-corrected chi connectivity index (χ2v) is 3.45. The third-order valence-corrected chi connectivity index (χ3v) is 2.06. The van der Waals surface area contributed by atoms with Crippen molar-refractivity contribution >= 4 is 11.6 Å². The number of nitrogens with zero attached hydrogens (tertiary/aromatic N) is 1. The molecule has 0 saturated carbocycles. The Hall–Kier alpha value is -1.91. The Labute approximate surface area is 93.6 Å². The molecule has 0 bridgehead atoms. The van der Waals surface area contributed by atoms with Crippen molar-refractivity contribution in [1.82, 2.24) is 5.32 Å². The molecular weight excluding hydrogens is 208 g/mol. The minimum Gasteiger partial charge on any atom is -0.356 e. The smallest absolute Gasteiger partial charge is 0.269 e. The van der Waals surface area contributed by atoms with Crippen LogP contribution in [0.15, 0.2) is 24.3 Å². The first kappa shape index (κ1) is 12.2. The largest absolute Gasteiger partial charge is 0.356 e. The number of nitro groups is 1. The molecule has 0 radical (unpaired) electrons. The van der Waals surface area contributed by atoms with E-state index < -0.39 is 4.92 Å². The number of nitrogens with one attached hydrogen (secondary N) is 1. The maximum Gasteiger partial charge on any atom is 0.269 e. The lowest BCUT2D eigenvalue weighted by Gasteiger charge is -2.03. The van der Waals surface area contributed by atoms with Crippen molar-refractivity contribution in [2.24, 2.45) is 0 Å². The molecule has 5 heteroatoms. The first-order valence-electron chi connectivity index (χ1n) is 5.13. The average Bonchev–Trinajstić information content (AvgIpc) is 2.26. The molecule has 0 aliphatic rings. The third-order valence-electron chi connectivity index (χ3n) is 2.06. The number of carbonyl (C=O) groups excluding carboxylic acids is 1. The lowest BCUT2D eigenvalue weighted by molar-refractivity contribution is -0.384. The van der Waals surface area contributed by atoms with Gasteiger partial charge in [0.2, 0.25) is 5.91 Å². The van der Waals surface area contributed by atoms with Gasteiger partial charge in [0.15, 0.2) is 0 Å². The van der Waals surface area contributed by atoms with Gasteiger partial charge in [-0.25, -0.2) is 0 Å². The van der Waals surface area contributed by atoms with Gasteiger partial charge in [0, 0.05) is 18.7 Å². The van der Waals surface area contributed by atoms with Crippen LogP contribution >= 0.6 is 0 Å². The zero-order chi connectivity index (χ0) is 12.0. The molecular formula is C11H14N2O3. The Balaban J connectivity index is 2.63. The second-order valence-electron chi connectivity index (χ2n) is 3.45. The maximum atomic E-state index is 11.4. The molecule has 16 heavy (non-hydrogen) atoms. The highest BCUT2D eigenvalue weighted by Gasteiger charge is 2.08. The van der Waals surface area contributed by atoms with E-state index in [1.54, 1.807) is 12.1 Å². The predicted octanol–water partition coefficient (Wildman–Crippen LogP) is 1.66. The zero-order valence-electron chi connectivity index (χ0n) is 9.10. The molecule has 0 heterocycles. The Morgan fingerprint density at radius 2 is 2.25 bits per heavy atom. The molecule has 1 rings (SSSR count). The number of hydrogen-bond acceptors (Lipinski definition) is 3. The molecule has 86 valence electrons. The van der Waals surface area contributed by atoms with E-state index in [9.17, 15) is 14.9 Å². The topological polar surface area (TPSA) is 72.2 Å². The van der Waals surface area contributed by atoms with Gasteiger partial charge in [-0.05, 0) is 12.0 Å². The molecule has 0 saturated heterocycles. The van der Waals surface area contributed by atoms with Crippen molar-refractivity contribution in [2.45, 2.75) is 19.8 Å². The molecule has 0 atom stereocenters. The zero-order valence-corrected chi connectivity index (χ0v) is 9.10. The monoisotopic (exact) mass is 222 g/mol. The number of benzene rings is 1. The van der Waals surface area contributed by atoms with Gasteiger partial charge in [0.25, 0.3) is 5.69 Å². The molecule has 0 spiro atoms. The van der Waals surface area contributed by atoms with Crippen LogP contribution in [0.2, 0.25) is 0 Å². The summed E-state index contributed by atoms with van der Waals surface area (Å²) in [6.07, 6.45) is 1.06. The van der Waals surface area contributed by atoms with Crippen LogP contribution in [0, 0.1) is 10.1 Å². The average molecular weight is 222 g/mol. The van der Waals surface area contributed by atoms with Crippen molar-refractivity contribution < 1.29 is 9.72 Å². The van der Waals surface area contributed by atoms with Crippen LogP contribution in [0.25, 0.3) is 0 Å². The fourth-order valence-electron chi connectivity index (χ4n) is 1.29. The number of nitro benzene ring substituents is 1. The van der Waals surface area contributed by atoms with E-state index in [4.69, 9.17) is 0 Å². The number of hydrogen-bond donors (Lipinski definition) is 1. The fourth-order valence-corrected chi connectivity index (χ4v) is 1.29. The van der Waals surface area contributed by atoms with E-state index in [0.717, 1.165) is 6.42 Å². The quantitative estimate of drug-likeness (QED) is 0.608. The molecule has 0 aromatic heterocycles. The minimum atomic E-state index is -0.465. The first-order chi connectivity index (χ1) is 7.63. The van der Waals surface area contributed by atoms with Gasteiger partial charge in [-0.3, -0.25) is 14.9 Å². The molecule has 0 aliphatic carbocycles. The van der Waals surface area contributed by atoms with Crippen molar-refractivity contribution in [3.05, 3.63) is 39.9 Å². The summed E-state index contributed by atoms with van der Waals surface area (Å²) >= 11 is 0. The normalized spacial score (nSPS) is 9.81. The molecule has 1 aromatic carbocycles. The SMILES string of the molecule is CCCNC(=O)Cc1cccc([N+](=O)[O-])c1. The lowest BCUT2D eigenvalue weighted by atomic mass is 10.1. The summed E-state index contributed by atoms with van der Waals surface area (Å²) in [5, 5.41) is 13.2. The van der Waals surface area contributed by atoms with Crippen molar-refractivity contribution in [2.75, 3.05) is 6.54 Å². The Bertz CT molecular complexity index is 391. The summed E-state index contributed by atoms with van der Waals surface area (Å²) in [5.41, 5.74) is 0.670. The van der Waals surface area contributed by atoms with E-state index in [1.807, 2.05) is 6.92 Å². The van der Waals surface area contributed by atoms with E-state index in [2.05, 4.69) is 5.32 Å². The van der Waals surface area contributed by atoms with Gasteiger partial charge in [0.05, 0.1) is 11.3 Å². The molecule has 0 unspecified atom stereocenters. The summed E-state index contributed by atoms with van der Waals surface area (Å²) in [4.78, 5) is 21.4. The first-order valence-corrected chi connectivity index (χ1v) is 5.13. The van der Waals surface area contributed by atoms with Gasteiger partial charge < -0.3 is 5.32 Å². The summed E-state index contributed by atoms with van der Waals surface area (Å²) < 4.78 is 0. The minimum absolute atomic E-state index is 0.0146. The van der Waals surface area contributed by atoms with Crippen LogP contribution in [0.3, 0.4) is 0 Å². The van der Waals surface area contributed by atoms with Gasteiger partial charge in [0.1, 0.15) is 0 Å². The summed E-state index contributed by atoms with van der Waals surface area (Å²) in [6, 6.07) is 6.12. The molecule has 0 fully saturated rings. The number of non-ortho nitro benzene ring substituents is 1. The summed E-state index contributed by atoms with van der Waals surface area (Å²) in [7, 11) is 0. The lowest BCUT2D eigenvalue weighted by Crippen LogP contribution is -2.25. The van der Waals surface area contributed by atoms with E-state index >= 15 is 0 Å². The van der Waals surface area contributed by atoms with Gasteiger partial charge >= 0.3 is 0 Å². The predicted molar refractivity (Wildman–Crippen MR) is 60.1 cm³/mol. The van der Waals surface area contributed by atoms with E-state index in [-0.39, 0.29) is 18.0 Å². The molecule has 1 N–H and O–H groups in total. The fraction of sp³-hybridized carbons (Fsp3) is 0.364. The third kappa shape index (κ3) is 3.68. The van der Waals surface area contributed by atoms with Crippen molar-refractivity contribution in [3.8, 4) is 0 Å². The number of amides is 1. The summed E-state index contributed by atoms with van der Waals surface area (Å²) in [5.74, 6) is -0.109. The van der Waals surface area contributed by atoms with Crippen molar-refractivity contribution in [3.63, 3.8) is 0 Å². The van der Waals surface area contributed by atoms with E-state index in [1.165, 1.54) is 12.1 Å². The molecule has 0 aliphatic heterocycles. The highest BCUT2D eigenvalue weighted by molar-refractivity contribution is 5.78. The highest BCUT2D eigenvalue weighted by Crippen LogP contribution is 2.13. The Morgan fingerprint density at radius 3 is 2.88 bits per heavy atom. The number of carbonyl (C=O) groups is 1. The van der Waals surface area contributed by atoms with Crippen LogP contribution in [0.5, 0.6) is 0 Å².